The van der Waals surface area contributed by atoms with E-state index in [2.05, 4.69) is 5.32 Å². The van der Waals surface area contributed by atoms with E-state index in [9.17, 15) is 13.2 Å². The molecule has 2 rings (SSSR count). The summed E-state index contributed by atoms with van der Waals surface area (Å²) in [4.78, 5) is 11.0. The smallest absolute Gasteiger partial charge is 0.323 e. The van der Waals surface area contributed by atoms with Crippen LogP contribution in [0.4, 0.5) is 5.69 Å². The van der Waals surface area contributed by atoms with E-state index in [1.807, 2.05) is 12.1 Å². The Morgan fingerprint density at radius 1 is 1.42 bits per heavy atom. The molecule has 0 aliphatic carbocycles. The van der Waals surface area contributed by atoms with Gasteiger partial charge in [0.15, 0.2) is 5.25 Å². The van der Waals surface area contributed by atoms with E-state index < -0.39 is 21.2 Å². The minimum Gasteiger partial charge on any atom is -0.480 e. The predicted octanol–water partition coefficient (Wildman–Crippen LogP) is 0.399. The van der Waals surface area contributed by atoms with Crippen LogP contribution in [0.3, 0.4) is 0 Å². The molecule has 7 heteroatoms. The summed E-state index contributed by atoms with van der Waals surface area (Å²) in [5.74, 6) is -1.34. The van der Waals surface area contributed by atoms with Crippen LogP contribution in [-0.4, -0.2) is 37.8 Å². The maximum Gasteiger partial charge on any atom is 0.323 e. The van der Waals surface area contributed by atoms with E-state index in [1.165, 1.54) is 11.2 Å². The molecule has 1 aliphatic rings. The van der Waals surface area contributed by atoms with Gasteiger partial charge in [0.25, 0.3) is 0 Å². The minimum atomic E-state index is -3.90. The summed E-state index contributed by atoms with van der Waals surface area (Å²) in [5.41, 5.74) is 1.40. The van der Waals surface area contributed by atoms with Crippen molar-refractivity contribution in [3.05, 3.63) is 29.8 Å². The first-order valence-corrected chi connectivity index (χ1v) is 7.48. The highest BCUT2D eigenvalue weighted by Crippen LogP contribution is 2.26. The number of anilines is 1. The van der Waals surface area contributed by atoms with Gasteiger partial charge in [-0.1, -0.05) is 18.2 Å². The Labute approximate surface area is 112 Å². The molecule has 0 aromatic heterocycles. The van der Waals surface area contributed by atoms with E-state index >= 15 is 0 Å². The van der Waals surface area contributed by atoms with Crippen LogP contribution in [0.25, 0.3) is 0 Å². The van der Waals surface area contributed by atoms with Gasteiger partial charge >= 0.3 is 5.97 Å². The molecule has 19 heavy (non-hydrogen) atoms. The standard InChI is InChI=1S/C12H16N2O4S/c1-9(12(15)16)19(17,18)14-7-6-13-8-10-4-2-3-5-11(10)14/h2-5,9,13H,6-8H2,1H3,(H,15,16). The summed E-state index contributed by atoms with van der Waals surface area (Å²) in [6.07, 6.45) is 0. The fraction of sp³-hybridized carbons (Fsp3) is 0.417. The van der Waals surface area contributed by atoms with Gasteiger partial charge in [-0.2, -0.15) is 0 Å². The zero-order valence-electron chi connectivity index (χ0n) is 10.5. The molecule has 0 fully saturated rings. The third-order valence-electron chi connectivity index (χ3n) is 3.17. The summed E-state index contributed by atoms with van der Waals surface area (Å²) in [5, 5.41) is 10.6. The molecule has 0 radical (unpaired) electrons. The van der Waals surface area contributed by atoms with Gasteiger partial charge in [-0.15, -0.1) is 0 Å². The van der Waals surface area contributed by atoms with E-state index in [0.29, 0.717) is 18.8 Å². The molecule has 0 amide bonds. The van der Waals surface area contributed by atoms with Gasteiger partial charge in [-0.3, -0.25) is 9.10 Å². The number of carboxylic acids is 1. The Morgan fingerprint density at radius 2 is 2.11 bits per heavy atom. The van der Waals surface area contributed by atoms with Gasteiger partial charge in [0.2, 0.25) is 10.0 Å². The number of benzene rings is 1. The number of nitrogens with one attached hydrogen (secondary N) is 1. The molecule has 0 spiro atoms. The van der Waals surface area contributed by atoms with Crippen LogP contribution in [0.15, 0.2) is 24.3 Å². The number of aliphatic carboxylic acids is 1. The Bertz CT molecular complexity index is 585. The largest absolute Gasteiger partial charge is 0.480 e. The number of para-hydroxylation sites is 1. The topological polar surface area (TPSA) is 86.7 Å². The zero-order chi connectivity index (χ0) is 14.0. The third kappa shape index (κ3) is 2.57. The lowest BCUT2D eigenvalue weighted by atomic mass is 10.2. The second-order valence-electron chi connectivity index (χ2n) is 4.40. The lowest BCUT2D eigenvalue weighted by molar-refractivity contribution is -0.136. The van der Waals surface area contributed by atoms with Gasteiger partial charge in [0.05, 0.1) is 5.69 Å². The number of rotatable bonds is 3. The number of hydrogen-bond acceptors (Lipinski definition) is 4. The zero-order valence-corrected chi connectivity index (χ0v) is 11.4. The van der Waals surface area contributed by atoms with Gasteiger partial charge in [-0.05, 0) is 18.6 Å². The second-order valence-corrected chi connectivity index (χ2v) is 6.58. The van der Waals surface area contributed by atoms with Crippen LogP contribution in [-0.2, 0) is 21.4 Å². The molecular formula is C12H16N2O4S. The average molecular weight is 284 g/mol. The van der Waals surface area contributed by atoms with Gasteiger partial charge in [-0.25, -0.2) is 8.42 Å². The highest BCUT2D eigenvalue weighted by atomic mass is 32.2. The number of carbonyl (C=O) groups is 1. The minimum absolute atomic E-state index is 0.233. The Balaban J connectivity index is 2.48. The number of sulfonamides is 1. The van der Waals surface area contributed by atoms with E-state index in [0.717, 1.165) is 5.56 Å². The highest BCUT2D eigenvalue weighted by molar-refractivity contribution is 7.94. The van der Waals surface area contributed by atoms with E-state index in [4.69, 9.17) is 5.11 Å². The Hall–Kier alpha value is -1.60. The molecule has 6 nitrogen and oxygen atoms in total. The number of fused-ring (bicyclic) bond motifs is 1. The molecule has 0 saturated carbocycles. The molecule has 0 saturated heterocycles. The van der Waals surface area contributed by atoms with Crippen LogP contribution in [0.2, 0.25) is 0 Å². The third-order valence-corrected chi connectivity index (χ3v) is 5.26. The quantitative estimate of drug-likeness (QED) is 0.839. The van der Waals surface area contributed by atoms with Crippen molar-refractivity contribution in [2.24, 2.45) is 0 Å². The summed E-state index contributed by atoms with van der Waals surface area (Å²) in [7, 11) is -3.90. The normalized spacial score (nSPS) is 17.4. The molecule has 104 valence electrons. The average Bonchev–Trinajstić information content (AvgIpc) is 2.60. The molecular weight excluding hydrogens is 268 g/mol. The SMILES string of the molecule is CC(C(=O)O)S(=O)(=O)N1CCNCc2ccccc21. The molecule has 1 unspecified atom stereocenters. The van der Waals surface area contributed by atoms with Crippen molar-refractivity contribution in [1.82, 2.24) is 5.32 Å². The van der Waals surface area contributed by atoms with Gasteiger partial charge in [0, 0.05) is 19.6 Å². The molecule has 1 aromatic rings. The van der Waals surface area contributed by atoms with Crippen LogP contribution in [0.5, 0.6) is 0 Å². The van der Waals surface area contributed by atoms with Crippen LogP contribution in [0, 0.1) is 0 Å². The summed E-state index contributed by atoms with van der Waals surface area (Å²) >= 11 is 0. The monoisotopic (exact) mass is 284 g/mol. The fourth-order valence-corrected chi connectivity index (χ4v) is 3.44. The Morgan fingerprint density at radius 3 is 2.79 bits per heavy atom. The summed E-state index contributed by atoms with van der Waals surface area (Å²) in [6, 6.07) is 7.12. The molecule has 1 heterocycles. The lowest BCUT2D eigenvalue weighted by Gasteiger charge is -2.25. The predicted molar refractivity (Wildman–Crippen MR) is 71.5 cm³/mol. The summed E-state index contributed by atoms with van der Waals surface area (Å²) < 4.78 is 25.9. The maximum atomic E-state index is 12.4. The first-order chi connectivity index (χ1) is 8.94. The molecule has 1 atom stereocenters. The second kappa shape index (κ2) is 5.18. The highest BCUT2D eigenvalue weighted by Gasteiger charge is 2.35. The van der Waals surface area contributed by atoms with Crippen molar-refractivity contribution in [3.8, 4) is 0 Å². The van der Waals surface area contributed by atoms with E-state index in [-0.39, 0.29) is 6.54 Å². The molecule has 0 bridgehead atoms. The fourth-order valence-electron chi connectivity index (χ4n) is 2.01. The summed E-state index contributed by atoms with van der Waals surface area (Å²) in [6.45, 7) is 2.49. The lowest BCUT2D eigenvalue weighted by Crippen LogP contribution is -2.43. The number of nitrogens with zero attached hydrogens (tertiary/aromatic N) is 1. The number of hydrogen-bond donors (Lipinski definition) is 2. The van der Waals surface area contributed by atoms with Gasteiger partial charge in [0.1, 0.15) is 0 Å². The van der Waals surface area contributed by atoms with Crippen LogP contribution in [0.1, 0.15) is 12.5 Å². The van der Waals surface area contributed by atoms with Crippen LogP contribution < -0.4 is 9.62 Å². The molecule has 2 N–H and O–H groups in total. The van der Waals surface area contributed by atoms with Gasteiger partial charge < -0.3 is 10.4 Å². The van der Waals surface area contributed by atoms with Crippen LogP contribution >= 0.6 is 0 Å². The van der Waals surface area contributed by atoms with Crippen molar-refractivity contribution in [1.29, 1.82) is 0 Å². The molecule has 1 aliphatic heterocycles. The first kappa shape index (κ1) is 13.8. The van der Waals surface area contributed by atoms with Crippen molar-refractivity contribution in [2.75, 3.05) is 17.4 Å². The van der Waals surface area contributed by atoms with E-state index in [1.54, 1.807) is 12.1 Å². The number of carboxylic acid groups (broad SMARTS) is 1. The maximum absolute atomic E-state index is 12.4. The molecule has 1 aromatic carbocycles. The van der Waals surface area contributed by atoms with Crippen molar-refractivity contribution in [2.45, 2.75) is 18.7 Å². The Kier molecular flexibility index (Phi) is 3.77. The van der Waals surface area contributed by atoms with Crippen molar-refractivity contribution >= 4 is 21.7 Å². The van der Waals surface area contributed by atoms with Crippen molar-refractivity contribution in [3.63, 3.8) is 0 Å². The van der Waals surface area contributed by atoms with Crippen molar-refractivity contribution < 1.29 is 18.3 Å². The first-order valence-electron chi connectivity index (χ1n) is 5.97.